The van der Waals surface area contributed by atoms with Gasteiger partial charge in [-0.15, -0.1) is 0 Å². The number of nitrogens with zero attached hydrogens (tertiary/aromatic N) is 4. The van der Waals surface area contributed by atoms with E-state index in [1.165, 1.54) is 0 Å². The lowest BCUT2D eigenvalue weighted by Crippen LogP contribution is -2.57. The Bertz CT molecular complexity index is 614. The normalized spacial score (nSPS) is 26.3. The van der Waals surface area contributed by atoms with Crippen LogP contribution in [0.2, 0.25) is 0 Å². The lowest BCUT2D eigenvalue weighted by atomic mass is 9.87. The third-order valence-electron chi connectivity index (χ3n) is 5.34. The smallest absolute Gasteiger partial charge is 0.266 e. The fourth-order valence-electron chi connectivity index (χ4n) is 3.45. The van der Waals surface area contributed by atoms with Crippen molar-refractivity contribution in [3.8, 4) is 0 Å². The molecule has 1 saturated carbocycles. The van der Waals surface area contributed by atoms with Crippen LogP contribution in [0.15, 0.2) is 16.9 Å². The fraction of sp³-hybridized carbons (Fsp3) is 0.778. The Balaban J connectivity index is 1.52. The van der Waals surface area contributed by atoms with Gasteiger partial charge in [-0.05, 0) is 18.9 Å². The molecule has 0 spiro atoms. The second-order valence-corrected chi connectivity index (χ2v) is 8.12. The van der Waals surface area contributed by atoms with Crippen molar-refractivity contribution in [1.29, 1.82) is 0 Å². The number of hydrogen-bond acceptors (Lipinski definition) is 5. The number of hydrogen-bond donors (Lipinski definition) is 1. The van der Waals surface area contributed by atoms with E-state index in [0.29, 0.717) is 12.6 Å². The van der Waals surface area contributed by atoms with Crippen LogP contribution in [0, 0.1) is 0 Å². The molecule has 0 aromatic carbocycles. The van der Waals surface area contributed by atoms with Crippen LogP contribution in [0.5, 0.6) is 0 Å². The molecule has 1 aromatic rings. The van der Waals surface area contributed by atoms with Gasteiger partial charge in [0.1, 0.15) is 0 Å². The molecule has 134 valence electrons. The third kappa shape index (κ3) is 3.87. The van der Waals surface area contributed by atoms with Gasteiger partial charge in [0.25, 0.3) is 5.56 Å². The van der Waals surface area contributed by atoms with Gasteiger partial charge in [0.2, 0.25) is 0 Å². The van der Waals surface area contributed by atoms with Crippen LogP contribution in [0.3, 0.4) is 0 Å². The zero-order valence-electron chi connectivity index (χ0n) is 15.1. The van der Waals surface area contributed by atoms with Gasteiger partial charge in [-0.1, -0.05) is 20.8 Å². The van der Waals surface area contributed by atoms with E-state index in [1.54, 1.807) is 10.7 Å². The van der Waals surface area contributed by atoms with Gasteiger partial charge in [0.15, 0.2) is 0 Å². The Morgan fingerprint density at radius 3 is 2.38 bits per heavy atom. The van der Waals surface area contributed by atoms with Crippen molar-refractivity contribution in [1.82, 2.24) is 19.6 Å². The van der Waals surface area contributed by atoms with E-state index >= 15 is 0 Å². The second-order valence-electron chi connectivity index (χ2n) is 8.12. The average molecular weight is 334 g/mol. The molecule has 6 heteroatoms. The summed E-state index contributed by atoms with van der Waals surface area (Å²) in [4.78, 5) is 16.8. The molecule has 2 fully saturated rings. The maximum absolute atomic E-state index is 12.0. The molecule has 0 amide bonds. The number of aromatic nitrogens is 2. The molecule has 1 N–H and O–H groups in total. The van der Waals surface area contributed by atoms with Gasteiger partial charge >= 0.3 is 0 Å². The summed E-state index contributed by atoms with van der Waals surface area (Å²) in [6, 6.07) is 3.84. The molecule has 0 bridgehead atoms. The lowest BCUT2D eigenvalue weighted by molar-refractivity contribution is -0.0392. The van der Waals surface area contributed by atoms with Gasteiger partial charge in [-0.2, -0.15) is 5.10 Å². The van der Waals surface area contributed by atoms with Gasteiger partial charge in [0, 0.05) is 50.2 Å². The molecule has 6 nitrogen and oxygen atoms in total. The Morgan fingerprint density at radius 2 is 1.83 bits per heavy atom. The highest BCUT2D eigenvalue weighted by Gasteiger charge is 2.35. The first kappa shape index (κ1) is 17.6. The van der Waals surface area contributed by atoms with Crippen LogP contribution in [0.1, 0.15) is 39.3 Å². The molecule has 1 saturated heterocycles. The monoisotopic (exact) mass is 334 g/mol. The van der Waals surface area contributed by atoms with Crippen LogP contribution < -0.4 is 5.56 Å². The zero-order valence-corrected chi connectivity index (χ0v) is 15.1. The van der Waals surface area contributed by atoms with Crippen LogP contribution in [0.25, 0.3) is 0 Å². The van der Waals surface area contributed by atoms with Crippen molar-refractivity contribution >= 4 is 0 Å². The van der Waals surface area contributed by atoms with Gasteiger partial charge in [-0.3, -0.25) is 14.6 Å². The highest BCUT2D eigenvalue weighted by molar-refractivity contribution is 5.10. The first-order chi connectivity index (χ1) is 11.3. The van der Waals surface area contributed by atoms with Crippen LogP contribution >= 0.6 is 0 Å². The SMILES string of the molecule is CC(C)(C)c1ccc(=O)n(CCN2CCN(C3CCC3O)CC2)n1. The highest BCUT2D eigenvalue weighted by atomic mass is 16.3. The van der Waals surface area contributed by atoms with Crippen LogP contribution in [0.4, 0.5) is 0 Å². The van der Waals surface area contributed by atoms with E-state index < -0.39 is 0 Å². The van der Waals surface area contributed by atoms with E-state index in [0.717, 1.165) is 51.3 Å². The molecule has 1 aliphatic heterocycles. The van der Waals surface area contributed by atoms with Crippen LogP contribution in [-0.2, 0) is 12.0 Å². The van der Waals surface area contributed by atoms with Crippen molar-refractivity contribution in [2.24, 2.45) is 0 Å². The summed E-state index contributed by atoms with van der Waals surface area (Å²) < 4.78 is 1.60. The van der Waals surface area contributed by atoms with Crippen molar-refractivity contribution in [3.05, 3.63) is 28.2 Å². The average Bonchev–Trinajstić information content (AvgIpc) is 2.53. The van der Waals surface area contributed by atoms with Gasteiger partial charge in [0.05, 0.1) is 18.3 Å². The zero-order chi connectivity index (χ0) is 17.3. The molecule has 1 aliphatic carbocycles. The largest absolute Gasteiger partial charge is 0.391 e. The van der Waals surface area contributed by atoms with Gasteiger partial charge in [-0.25, -0.2) is 4.68 Å². The molecule has 2 unspecified atom stereocenters. The van der Waals surface area contributed by atoms with E-state index in [-0.39, 0.29) is 17.1 Å². The Hall–Kier alpha value is -1.24. The maximum Gasteiger partial charge on any atom is 0.266 e. The number of aliphatic hydroxyl groups excluding tert-OH is 1. The summed E-state index contributed by atoms with van der Waals surface area (Å²) in [6.45, 7) is 11.8. The number of aliphatic hydroxyl groups is 1. The maximum atomic E-state index is 12.0. The second kappa shape index (κ2) is 6.94. The molecular formula is C18H30N4O2. The summed E-state index contributed by atoms with van der Waals surface area (Å²) in [5.74, 6) is 0. The van der Waals surface area contributed by atoms with E-state index in [4.69, 9.17) is 0 Å². The molecule has 2 heterocycles. The third-order valence-corrected chi connectivity index (χ3v) is 5.34. The standard InChI is InChI=1S/C18H30N4O2/c1-18(2,3)16-6-7-17(24)22(19-16)13-10-20-8-11-21(12-9-20)14-4-5-15(14)23/h6-7,14-15,23H,4-5,8-13H2,1-3H3. The van der Waals surface area contributed by atoms with Crippen LogP contribution in [-0.4, -0.2) is 69.6 Å². The minimum Gasteiger partial charge on any atom is -0.391 e. The Morgan fingerprint density at radius 1 is 1.12 bits per heavy atom. The summed E-state index contributed by atoms with van der Waals surface area (Å²) in [7, 11) is 0. The van der Waals surface area contributed by atoms with E-state index in [2.05, 4.69) is 35.7 Å². The Labute approximate surface area is 144 Å². The number of piperazine rings is 1. The highest BCUT2D eigenvalue weighted by Crippen LogP contribution is 2.26. The predicted molar refractivity (Wildman–Crippen MR) is 94.2 cm³/mol. The first-order valence-electron chi connectivity index (χ1n) is 9.08. The minimum atomic E-state index is -0.125. The topological polar surface area (TPSA) is 61.6 Å². The number of rotatable bonds is 4. The molecule has 0 radical (unpaired) electrons. The van der Waals surface area contributed by atoms with Crippen molar-refractivity contribution in [3.63, 3.8) is 0 Å². The summed E-state index contributed by atoms with van der Waals surface area (Å²) in [6.07, 6.45) is 1.95. The predicted octanol–water partition coefficient (Wildman–Crippen LogP) is 0.682. The summed E-state index contributed by atoms with van der Waals surface area (Å²) in [5.41, 5.74) is 0.870. The quantitative estimate of drug-likeness (QED) is 0.877. The molecule has 1 aromatic heterocycles. The fourth-order valence-corrected chi connectivity index (χ4v) is 3.45. The van der Waals surface area contributed by atoms with Gasteiger partial charge < -0.3 is 5.11 Å². The molecular weight excluding hydrogens is 304 g/mol. The van der Waals surface area contributed by atoms with Crippen molar-refractivity contribution < 1.29 is 5.11 Å². The van der Waals surface area contributed by atoms with Crippen molar-refractivity contribution in [2.75, 3.05) is 32.7 Å². The molecule has 3 rings (SSSR count). The molecule has 2 aliphatic rings. The molecule has 2 atom stereocenters. The summed E-state index contributed by atoms with van der Waals surface area (Å²) in [5, 5.41) is 14.3. The van der Waals surface area contributed by atoms with Crippen molar-refractivity contribution in [2.45, 2.75) is 57.7 Å². The molecule has 24 heavy (non-hydrogen) atoms. The Kier molecular flexibility index (Phi) is 5.08. The van der Waals surface area contributed by atoms with E-state index in [1.807, 2.05) is 6.07 Å². The first-order valence-corrected chi connectivity index (χ1v) is 9.08. The summed E-state index contributed by atoms with van der Waals surface area (Å²) >= 11 is 0. The minimum absolute atomic E-state index is 0.0285. The lowest BCUT2D eigenvalue weighted by Gasteiger charge is -2.45. The van der Waals surface area contributed by atoms with E-state index in [9.17, 15) is 9.90 Å².